The van der Waals surface area contributed by atoms with Gasteiger partial charge in [-0.05, 0) is 53.2 Å². The van der Waals surface area contributed by atoms with E-state index in [9.17, 15) is 14.3 Å². The number of hydrogen-bond donors (Lipinski definition) is 2. The van der Waals surface area contributed by atoms with Crippen LogP contribution in [0.2, 0.25) is 0 Å². The van der Waals surface area contributed by atoms with E-state index in [0.29, 0.717) is 15.8 Å². The lowest BCUT2D eigenvalue weighted by molar-refractivity contribution is 0.0125. The van der Waals surface area contributed by atoms with E-state index in [-0.39, 0.29) is 24.0 Å². The zero-order valence-electron chi connectivity index (χ0n) is 15.1. The molecule has 1 unspecified atom stereocenters. The maximum absolute atomic E-state index is 13.8. The molecule has 3 aromatic rings. The highest BCUT2D eigenvalue weighted by Crippen LogP contribution is 2.26. The molecule has 0 aliphatic rings. The maximum atomic E-state index is 13.8. The molecule has 2 aromatic heterocycles. The van der Waals surface area contributed by atoms with Crippen LogP contribution in [-0.2, 0) is 11.2 Å². The van der Waals surface area contributed by atoms with E-state index >= 15 is 0 Å². The Labute approximate surface area is 172 Å². The summed E-state index contributed by atoms with van der Waals surface area (Å²) in [6.07, 6.45) is -1.46. The molecule has 0 radical (unpaired) electrons. The minimum absolute atomic E-state index is 0.00329. The van der Waals surface area contributed by atoms with Crippen molar-refractivity contribution in [2.45, 2.75) is 25.6 Å². The van der Waals surface area contributed by atoms with Crippen molar-refractivity contribution in [1.29, 1.82) is 0 Å². The van der Waals surface area contributed by atoms with Crippen molar-refractivity contribution in [3.05, 3.63) is 52.7 Å². The Bertz CT molecular complexity index is 996. The number of carbonyl (C=O) groups excluding carboxylic acids is 1. The molecule has 1 aromatic carbocycles. The molecule has 0 bridgehead atoms. The molecule has 2 heterocycles. The molecule has 3 N–H and O–H groups in total. The number of primary amides is 1. The van der Waals surface area contributed by atoms with Crippen molar-refractivity contribution in [3.8, 4) is 23.0 Å². The summed E-state index contributed by atoms with van der Waals surface area (Å²) in [6.45, 7) is 1.45. The van der Waals surface area contributed by atoms with Gasteiger partial charge in [-0.3, -0.25) is 0 Å². The minimum Gasteiger partial charge on any atom is -0.443 e. The second-order valence-electron chi connectivity index (χ2n) is 6.00. The SMILES string of the molecule is CC(O)[C@H](Cc1nc(-c2ccc(Oc3ncc(Br)cc3F)cc2)no1)OC(N)=O. The lowest BCUT2D eigenvalue weighted by Gasteiger charge is -2.17. The Morgan fingerprint density at radius 3 is 2.72 bits per heavy atom. The number of benzene rings is 1. The predicted molar refractivity (Wildman–Crippen MR) is 102 cm³/mol. The average Bonchev–Trinajstić information content (AvgIpc) is 3.12. The molecule has 29 heavy (non-hydrogen) atoms. The van der Waals surface area contributed by atoms with Gasteiger partial charge in [-0.25, -0.2) is 14.2 Å². The third-order valence-corrected chi connectivity index (χ3v) is 4.18. The lowest BCUT2D eigenvalue weighted by atomic mass is 10.1. The summed E-state index contributed by atoms with van der Waals surface area (Å²) in [5.41, 5.74) is 5.60. The van der Waals surface area contributed by atoms with Gasteiger partial charge in [0.05, 0.1) is 12.5 Å². The van der Waals surface area contributed by atoms with Crippen molar-refractivity contribution >= 4 is 22.0 Å². The van der Waals surface area contributed by atoms with Crippen LogP contribution in [0.4, 0.5) is 9.18 Å². The van der Waals surface area contributed by atoms with Gasteiger partial charge in [0.2, 0.25) is 11.7 Å². The van der Waals surface area contributed by atoms with E-state index < -0.39 is 24.1 Å². The Morgan fingerprint density at radius 1 is 1.38 bits per heavy atom. The third kappa shape index (κ3) is 5.48. The molecular weight excluding hydrogens is 451 g/mol. The van der Waals surface area contributed by atoms with E-state index in [1.807, 2.05) is 0 Å². The molecule has 0 saturated carbocycles. The first kappa shape index (κ1) is 20.7. The number of nitrogens with zero attached hydrogens (tertiary/aromatic N) is 3. The molecule has 152 valence electrons. The molecule has 9 nitrogen and oxygen atoms in total. The van der Waals surface area contributed by atoms with E-state index in [0.717, 1.165) is 0 Å². The number of rotatable bonds is 7. The zero-order valence-corrected chi connectivity index (χ0v) is 16.7. The monoisotopic (exact) mass is 466 g/mol. The van der Waals surface area contributed by atoms with Gasteiger partial charge in [0.15, 0.2) is 5.82 Å². The van der Waals surface area contributed by atoms with Gasteiger partial charge < -0.3 is 24.8 Å². The molecule has 1 amide bonds. The number of carbonyl (C=O) groups is 1. The fourth-order valence-electron chi connectivity index (χ4n) is 2.35. The van der Waals surface area contributed by atoms with Gasteiger partial charge in [-0.1, -0.05) is 5.16 Å². The van der Waals surface area contributed by atoms with Crippen LogP contribution in [0.1, 0.15) is 12.8 Å². The van der Waals surface area contributed by atoms with Crippen LogP contribution in [0, 0.1) is 5.82 Å². The van der Waals surface area contributed by atoms with E-state index in [2.05, 4.69) is 31.1 Å². The highest BCUT2D eigenvalue weighted by atomic mass is 79.9. The molecule has 0 aliphatic carbocycles. The largest absolute Gasteiger partial charge is 0.443 e. The first-order valence-electron chi connectivity index (χ1n) is 8.38. The van der Waals surface area contributed by atoms with Gasteiger partial charge >= 0.3 is 6.09 Å². The molecule has 11 heteroatoms. The Hall–Kier alpha value is -3.05. The van der Waals surface area contributed by atoms with Gasteiger partial charge in [0.25, 0.3) is 5.88 Å². The number of nitrogens with two attached hydrogens (primary N) is 1. The molecule has 0 spiro atoms. The summed E-state index contributed by atoms with van der Waals surface area (Å²) in [5, 5.41) is 13.5. The van der Waals surface area contributed by atoms with Crippen LogP contribution in [0.5, 0.6) is 11.6 Å². The van der Waals surface area contributed by atoms with Crippen molar-refractivity contribution in [3.63, 3.8) is 0 Å². The van der Waals surface area contributed by atoms with Gasteiger partial charge in [-0.15, -0.1) is 0 Å². The summed E-state index contributed by atoms with van der Waals surface area (Å²) in [5.74, 6) is 0.0604. The van der Waals surface area contributed by atoms with Crippen LogP contribution >= 0.6 is 15.9 Å². The number of halogens is 2. The highest BCUT2D eigenvalue weighted by molar-refractivity contribution is 9.10. The van der Waals surface area contributed by atoms with Crippen molar-refractivity contribution < 1.29 is 28.3 Å². The van der Waals surface area contributed by atoms with Crippen molar-refractivity contribution in [2.24, 2.45) is 5.73 Å². The van der Waals surface area contributed by atoms with Crippen LogP contribution in [0.15, 0.2) is 45.5 Å². The molecule has 2 atom stereocenters. The summed E-state index contributed by atoms with van der Waals surface area (Å²) in [4.78, 5) is 19.0. The number of aliphatic hydroxyl groups excluding tert-OH is 1. The zero-order chi connectivity index (χ0) is 21.0. The topological polar surface area (TPSA) is 134 Å². The van der Waals surface area contributed by atoms with E-state index in [4.69, 9.17) is 19.7 Å². The molecule has 0 aliphatic heterocycles. The number of aliphatic hydroxyl groups is 1. The fourth-order valence-corrected chi connectivity index (χ4v) is 2.65. The van der Waals surface area contributed by atoms with Gasteiger partial charge in [0, 0.05) is 16.2 Å². The second kappa shape index (κ2) is 8.97. The summed E-state index contributed by atoms with van der Waals surface area (Å²) < 4.78 is 29.7. The first-order valence-corrected chi connectivity index (χ1v) is 9.17. The number of aromatic nitrogens is 3. The molecular formula is C18H16BrFN4O5. The van der Waals surface area contributed by atoms with E-state index in [1.165, 1.54) is 19.2 Å². The van der Waals surface area contributed by atoms with Crippen LogP contribution < -0.4 is 10.5 Å². The fraction of sp³-hybridized carbons (Fsp3) is 0.222. The number of hydrogen-bond acceptors (Lipinski definition) is 8. The number of pyridine rings is 1. The predicted octanol–water partition coefficient (Wildman–Crippen LogP) is 3.21. The van der Waals surface area contributed by atoms with Crippen LogP contribution in [-0.4, -0.2) is 38.5 Å². The summed E-state index contributed by atoms with van der Waals surface area (Å²) in [6, 6.07) is 7.77. The van der Waals surface area contributed by atoms with E-state index in [1.54, 1.807) is 24.3 Å². The minimum atomic E-state index is -1.01. The summed E-state index contributed by atoms with van der Waals surface area (Å²) >= 11 is 3.13. The maximum Gasteiger partial charge on any atom is 0.404 e. The molecule has 0 saturated heterocycles. The van der Waals surface area contributed by atoms with Crippen LogP contribution in [0.25, 0.3) is 11.4 Å². The normalized spacial score (nSPS) is 13.0. The Kier molecular flexibility index (Phi) is 6.39. The third-order valence-electron chi connectivity index (χ3n) is 3.75. The van der Waals surface area contributed by atoms with Crippen molar-refractivity contribution in [2.75, 3.05) is 0 Å². The first-order chi connectivity index (χ1) is 13.8. The average molecular weight is 467 g/mol. The van der Waals surface area contributed by atoms with Crippen LogP contribution in [0.3, 0.4) is 0 Å². The Morgan fingerprint density at radius 2 is 2.10 bits per heavy atom. The van der Waals surface area contributed by atoms with Gasteiger partial charge in [-0.2, -0.15) is 4.98 Å². The van der Waals surface area contributed by atoms with Gasteiger partial charge in [0.1, 0.15) is 11.9 Å². The number of amides is 1. The molecule has 3 rings (SSSR count). The second-order valence-corrected chi connectivity index (χ2v) is 6.91. The standard InChI is InChI=1S/C18H16BrFN4O5/c1-9(25)14(28-18(21)26)7-15-23-16(24-29-15)10-2-4-12(5-3-10)27-17-13(20)6-11(19)8-22-17/h2-6,8-9,14,25H,7H2,1H3,(H2,21,26)/t9?,14-/m0/s1. The van der Waals surface area contributed by atoms with Crippen molar-refractivity contribution in [1.82, 2.24) is 15.1 Å². The lowest BCUT2D eigenvalue weighted by Crippen LogP contribution is -2.33. The molecule has 0 fully saturated rings. The quantitative estimate of drug-likeness (QED) is 0.541. The summed E-state index contributed by atoms with van der Waals surface area (Å²) in [7, 11) is 0. The Balaban J connectivity index is 1.69. The smallest absolute Gasteiger partial charge is 0.404 e. The highest BCUT2D eigenvalue weighted by Gasteiger charge is 2.23. The number of ether oxygens (including phenoxy) is 2.